The lowest BCUT2D eigenvalue weighted by Gasteiger charge is -2.11. The summed E-state index contributed by atoms with van der Waals surface area (Å²) in [7, 11) is 3.37. The Bertz CT molecular complexity index is 933. The number of aryl methyl sites for hydroxylation is 1. The Morgan fingerprint density at radius 2 is 2.00 bits per heavy atom. The van der Waals surface area contributed by atoms with E-state index < -0.39 is 0 Å². The molecule has 2 heterocycles. The van der Waals surface area contributed by atoms with Crippen LogP contribution in [0.1, 0.15) is 17.0 Å². The molecule has 4 nitrogen and oxygen atoms in total. The Morgan fingerprint density at radius 1 is 1.28 bits per heavy atom. The molecule has 1 aliphatic rings. The van der Waals surface area contributed by atoms with E-state index in [0.717, 1.165) is 17.0 Å². The van der Waals surface area contributed by atoms with Crippen LogP contribution in [0.5, 0.6) is 0 Å². The number of likely N-dealkylation sites (N-methyl/N-ethyl adjacent to an activating group) is 1. The highest BCUT2D eigenvalue weighted by molar-refractivity contribution is 9.10. The normalized spacial score (nSPS) is 18.0. The average Bonchev–Trinajstić information content (AvgIpc) is 2.99. The second-order valence-corrected chi connectivity index (χ2v) is 7.66. The van der Waals surface area contributed by atoms with Gasteiger partial charge in [0.1, 0.15) is 5.82 Å². The van der Waals surface area contributed by atoms with Crippen LogP contribution in [-0.2, 0) is 4.79 Å². The van der Waals surface area contributed by atoms with Crippen molar-refractivity contribution in [3.63, 3.8) is 0 Å². The van der Waals surface area contributed by atoms with Crippen molar-refractivity contribution in [2.75, 3.05) is 14.1 Å². The molecule has 1 aromatic carbocycles. The molecule has 1 amide bonds. The van der Waals surface area contributed by atoms with Gasteiger partial charge in [-0.1, -0.05) is 15.9 Å². The summed E-state index contributed by atoms with van der Waals surface area (Å²) in [5, 5.41) is 0.670. The molecule has 2 aromatic rings. The molecule has 1 aromatic heterocycles. The zero-order valence-electron chi connectivity index (χ0n) is 14.3. The predicted molar refractivity (Wildman–Crippen MR) is 105 cm³/mol. The number of hydrogen-bond donors (Lipinski definition) is 0. The van der Waals surface area contributed by atoms with Crippen molar-refractivity contribution >= 4 is 44.8 Å². The molecule has 3 rings (SSSR count). The lowest BCUT2D eigenvalue weighted by molar-refractivity contribution is -0.121. The number of thioether (sulfide) groups is 1. The number of rotatable bonds is 2. The highest BCUT2D eigenvalue weighted by Gasteiger charge is 2.30. The van der Waals surface area contributed by atoms with Crippen LogP contribution in [-0.4, -0.2) is 34.6 Å². The van der Waals surface area contributed by atoms with Crippen LogP contribution in [0.2, 0.25) is 0 Å². The lowest BCUT2D eigenvalue weighted by Crippen LogP contribution is -2.23. The fourth-order valence-corrected chi connectivity index (χ4v) is 4.11. The Hall–Kier alpha value is -1.86. The largest absolute Gasteiger partial charge is 0.315 e. The monoisotopic (exact) mass is 421 g/mol. The summed E-state index contributed by atoms with van der Waals surface area (Å²) in [6.45, 7) is 3.84. The van der Waals surface area contributed by atoms with E-state index in [0.29, 0.717) is 20.2 Å². The van der Waals surface area contributed by atoms with Crippen LogP contribution in [0, 0.1) is 19.7 Å². The number of halogens is 2. The van der Waals surface area contributed by atoms with Gasteiger partial charge in [-0.2, -0.15) is 0 Å². The van der Waals surface area contributed by atoms with Gasteiger partial charge in [0, 0.05) is 30.0 Å². The molecule has 0 radical (unpaired) electrons. The molecular formula is C18H17BrFN3OS. The van der Waals surface area contributed by atoms with E-state index in [1.165, 1.54) is 22.7 Å². The fraction of sp³-hybridized carbons (Fsp3) is 0.222. The third-order valence-electron chi connectivity index (χ3n) is 4.10. The maximum absolute atomic E-state index is 14.4. The number of hydrogen-bond acceptors (Lipinski definition) is 3. The number of carbonyl (C=O) groups excluding carboxylic acids is 1. The number of benzene rings is 1. The zero-order valence-corrected chi connectivity index (χ0v) is 16.7. The molecule has 130 valence electrons. The number of nitrogens with zero attached hydrogens (tertiary/aromatic N) is 3. The number of aromatic nitrogens is 1. The van der Waals surface area contributed by atoms with Gasteiger partial charge in [-0.05, 0) is 61.5 Å². The summed E-state index contributed by atoms with van der Waals surface area (Å²) in [6, 6.07) is 6.95. The third kappa shape index (κ3) is 3.18. The SMILES string of the molecule is CN=C1S/C(=C\c2cc(C)n(-c3ccc(Br)cc3F)c2C)C(=O)N1C. The molecule has 0 atom stereocenters. The van der Waals surface area contributed by atoms with Crippen molar-refractivity contribution < 1.29 is 9.18 Å². The third-order valence-corrected chi connectivity index (χ3v) is 5.75. The minimum atomic E-state index is -0.304. The Morgan fingerprint density at radius 3 is 2.60 bits per heavy atom. The first kappa shape index (κ1) is 17.9. The van der Waals surface area contributed by atoms with Crippen LogP contribution in [0.15, 0.2) is 38.6 Å². The van der Waals surface area contributed by atoms with Crippen LogP contribution < -0.4 is 0 Å². The van der Waals surface area contributed by atoms with Crippen molar-refractivity contribution in [3.8, 4) is 5.69 Å². The topological polar surface area (TPSA) is 37.6 Å². The Labute approximate surface area is 158 Å². The van der Waals surface area contributed by atoms with E-state index in [1.807, 2.05) is 36.6 Å². The van der Waals surface area contributed by atoms with Crippen molar-refractivity contribution in [2.45, 2.75) is 13.8 Å². The zero-order chi connectivity index (χ0) is 18.3. The van der Waals surface area contributed by atoms with Crippen molar-refractivity contribution in [1.29, 1.82) is 0 Å². The van der Waals surface area contributed by atoms with Crippen molar-refractivity contribution in [3.05, 3.63) is 56.4 Å². The van der Waals surface area contributed by atoms with Gasteiger partial charge >= 0.3 is 0 Å². The first-order valence-electron chi connectivity index (χ1n) is 7.62. The smallest absolute Gasteiger partial charge is 0.266 e. The van der Waals surface area contributed by atoms with E-state index in [1.54, 1.807) is 20.2 Å². The van der Waals surface area contributed by atoms with E-state index >= 15 is 0 Å². The van der Waals surface area contributed by atoms with Crippen LogP contribution in [0.25, 0.3) is 11.8 Å². The lowest BCUT2D eigenvalue weighted by atomic mass is 10.2. The van der Waals surface area contributed by atoms with Crippen molar-refractivity contribution in [2.24, 2.45) is 4.99 Å². The number of amidine groups is 1. The first-order valence-corrected chi connectivity index (χ1v) is 9.23. The maximum atomic E-state index is 14.4. The number of carbonyl (C=O) groups is 1. The second-order valence-electron chi connectivity index (χ2n) is 5.74. The standard InChI is InChI=1S/C18H17BrFN3OS/c1-10-7-12(8-16-17(24)22(4)18(21-3)25-16)11(2)23(10)15-6-5-13(19)9-14(15)20/h5-9H,1-4H3/b16-8-,21-18?. The van der Waals surface area contributed by atoms with Crippen molar-refractivity contribution in [1.82, 2.24) is 9.47 Å². The van der Waals surface area contributed by atoms with Gasteiger partial charge in [-0.3, -0.25) is 14.7 Å². The highest BCUT2D eigenvalue weighted by Crippen LogP contribution is 2.33. The molecule has 1 aliphatic heterocycles. The highest BCUT2D eigenvalue weighted by atomic mass is 79.9. The van der Waals surface area contributed by atoms with Crippen LogP contribution >= 0.6 is 27.7 Å². The summed E-state index contributed by atoms with van der Waals surface area (Å²) in [5.74, 6) is -0.382. The van der Waals surface area contributed by atoms with Gasteiger partial charge in [-0.25, -0.2) is 4.39 Å². The molecule has 7 heteroatoms. The molecule has 0 N–H and O–H groups in total. The molecular weight excluding hydrogens is 405 g/mol. The van der Waals surface area contributed by atoms with Gasteiger partial charge in [0.25, 0.3) is 5.91 Å². The predicted octanol–water partition coefficient (Wildman–Crippen LogP) is 4.53. The summed E-state index contributed by atoms with van der Waals surface area (Å²) in [5.41, 5.74) is 3.16. The maximum Gasteiger partial charge on any atom is 0.266 e. The second kappa shape index (κ2) is 6.80. The van der Waals surface area contributed by atoms with E-state index in [9.17, 15) is 9.18 Å². The van der Waals surface area contributed by atoms with Gasteiger partial charge in [0.15, 0.2) is 5.17 Å². The van der Waals surface area contributed by atoms with Gasteiger partial charge < -0.3 is 4.57 Å². The van der Waals surface area contributed by atoms with Gasteiger partial charge in [0.05, 0.1) is 10.6 Å². The van der Waals surface area contributed by atoms with E-state index in [-0.39, 0.29) is 11.7 Å². The number of amides is 1. The molecule has 0 spiro atoms. The van der Waals surface area contributed by atoms with E-state index in [2.05, 4.69) is 20.9 Å². The minimum absolute atomic E-state index is 0.0785. The quantitative estimate of drug-likeness (QED) is 0.668. The molecule has 0 aliphatic carbocycles. The molecule has 0 unspecified atom stereocenters. The first-order chi connectivity index (χ1) is 11.8. The fourth-order valence-electron chi connectivity index (χ4n) is 2.86. The summed E-state index contributed by atoms with van der Waals surface area (Å²) < 4.78 is 16.9. The Kier molecular flexibility index (Phi) is 4.88. The Balaban J connectivity index is 2.07. The molecule has 0 saturated carbocycles. The molecule has 1 saturated heterocycles. The minimum Gasteiger partial charge on any atom is -0.315 e. The van der Waals surface area contributed by atoms with Gasteiger partial charge in [-0.15, -0.1) is 0 Å². The summed E-state index contributed by atoms with van der Waals surface area (Å²) in [4.78, 5) is 18.6. The average molecular weight is 422 g/mol. The molecule has 1 fully saturated rings. The molecule has 0 bridgehead atoms. The molecule has 25 heavy (non-hydrogen) atoms. The van der Waals surface area contributed by atoms with Crippen LogP contribution in [0.4, 0.5) is 4.39 Å². The van der Waals surface area contributed by atoms with Crippen LogP contribution in [0.3, 0.4) is 0 Å². The summed E-state index contributed by atoms with van der Waals surface area (Å²) in [6.07, 6.45) is 1.84. The number of aliphatic imine (C=N–C) groups is 1. The van der Waals surface area contributed by atoms with Gasteiger partial charge in [0.2, 0.25) is 0 Å². The summed E-state index contributed by atoms with van der Waals surface area (Å²) >= 11 is 4.62. The van der Waals surface area contributed by atoms with E-state index in [4.69, 9.17) is 0 Å².